The Hall–Kier alpha value is -1.71. The van der Waals surface area contributed by atoms with Crippen LogP contribution in [0, 0.1) is 10.1 Å². The quantitative estimate of drug-likeness (QED) is 0.624. The fourth-order valence-corrected chi connectivity index (χ4v) is 3.34. The van der Waals surface area contributed by atoms with E-state index in [2.05, 4.69) is 0 Å². The number of anilines is 1. The van der Waals surface area contributed by atoms with E-state index in [4.69, 9.17) is 10.9 Å². The molecular formula is C13H20N4O4S. The van der Waals surface area contributed by atoms with Gasteiger partial charge in [0, 0.05) is 25.2 Å². The van der Waals surface area contributed by atoms with Gasteiger partial charge in [-0.3, -0.25) is 10.1 Å². The average molecular weight is 328 g/mol. The fourth-order valence-electron chi connectivity index (χ4n) is 2.81. The zero-order chi connectivity index (χ0) is 16.5. The van der Waals surface area contributed by atoms with Crippen molar-refractivity contribution in [3.63, 3.8) is 0 Å². The summed E-state index contributed by atoms with van der Waals surface area (Å²) >= 11 is 0. The van der Waals surface area contributed by atoms with Gasteiger partial charge in [-0.15, -0.1) is 0 Å². The molecule has 122 valence electrons. The van der Waals surface area contributed by atoms with E-state index >= 15 is 0 Å². The minimum atomic E-state index is -3.97. The normalized spacial score (nSPS) is 22.3. The SMILES string of the molecule is CN(c1ccc(S(N)(=O)=O)cc1[N+](=O)[O-])[C@H]1CC[C@H](N)CC1. The molecule has 0 radical (unpaired) electrons. The van der Waals surface area contributed by atoms with E-state index in [1.807, 2.05) is 4.90 Å². The van der Waals surface area contributed by atoms with E-state index in [9.17, 15) is 18.5 Å². The van der Waals surface area contributed by atoms with Crippen molar-refractivity contribution in [2.75, 3.05) is 11.9 Å². The Labute approximate surface area is 129 Å². The highest BCUT2D eigenvalue weighted by atomic mass is 32.2. The Kier molecular flexibility index (Phi) is 4.69. The van der Waals surface area contributed by atoms with Crippen LogP contribution in [0.3, 0.4) is 0 Å². The molecule has 1 aliphatic rings. The second-order valence-electron chi connectivity index (χ2n) is 5.63. The molecule has 0 atom stereocenters. The van der Waals surface area contributed by atoms with E-state index in [0.29, 0.717) is 5.69 Å². The fraction of sp³-hybridized carbons (Fsp3) is 0.538. The van der Waals surface area contributed by atoms with Crippen LogP contribution in [0.5, 0.6) is 0 Å². The highest BCUT2D eigenvalue weighted by molar-refractivity contribution is 7.89. The number of hydrogen-bond donors (Lipinski definition) is 2. The van der Waals surface area contributed by atoms with Gasteiger partial charge in [-0.2, -0.15) is 0 Å². The van der Waals surface area contributed by atoms with Crippen LogP contribution in [0.2, 0.25) is 0 Å². The van der Waals surface area contributed by atoms with Gasteiger partial charge in [0.05, 0.1) is 9.82 Å². The van der Waals surface area contributed by atoms with Crippen LogP contribution in [0.15, 0.2) is 23.1 Å². The number of sulfonamides is 1. The lowest BCUT2D eigenvalue weighted by Gasteiger charge is -2.34. The van der Waals surface area contributed by atoms with Crippen molar-refractivity contribution in [2.45, 2.75) is 42.7 Å². The summed E-state index contributed by atoms with van der Waals surface area (Å²) in [4.78, 5) is 12.2. The van der Waals surface area contributed by atoms with Crippen LogP contribution in [0.1, 0.15) is 25.7 Å². The number of nitro benzene ring substituents is 1. The van der Waals surface area contributed by atoms with Crippen molar-refractivity contribution in [1.29, 1.82) is 0 Å². The number of rotatable bonds is 4. The van der Waals surface area contributed by atoms with Gasteiger partial charge in [0.2, 0.25) is 10.0 Å². The van der Waals surface area contributed by atoms with Gasteiger partial charge in [0.25, 0.3) is 5.69 Å². The molecule has 0 spiro atoms. The lowest BCUT2D eigenvalue weighted by Crippen LogP contribution is -2.39. The van der Waals surface area contributed by atoms with Crippen LogP contribution >= 0.6 is 0 Å². The van der Waals surface area contributed by atoms with Gasteiger partial charge in [0.15, 0.2) is 0 Å². The molecule has 2 rings (SSSR count). The molecule has 9 heteroatoms. The lowest BCUT2D eigenvalue weighted by atomic mass is 9.90. The van der Waals surface area contributed by atoms with Gasteiger partial charge < -0.3 is 10.6 Å². The summed E-state index contributed by atoms with van der Waals surface area (Å²) in [5.74, 6) is 0. The maximum atomic E-state index is 11.4. The second-order valence-corrected chi connectivity index (χ2v) is 7.19. The van der Waals surface area contributed by atoms with Gasteiger partial charge >= 0.3 is 0 Å². The van der Waals surface area contributed by atoms with Crippen molar-refractivity contribution in [3.8, 4) is 0 Å². The molecule has 1 aromatic rings. The number of nitrogens with two attached hydrogens (primary N) is 2. The molecule has 8 nitrogen and oxygen atoms in total. The molecule has 0 aliphatic heterocycles. The Bertz CT molecular complexity index is 669. The number of nitro groups is 1. The van der Waals surface area contributed by atoms with Crippen molar-refractivity contribution in [2.24, 2.45) is 10.9 Å². The first kappa shape index (κ1) is 16.7. The third-order valence-corrected chi connectivity index (χ3v) is 5.05. The van der Waals surface area contributed by atoms with Crippen molar-refractivity contribution >= 4 is 21.4 Å². The summed E-state index contributed by atoms with van der Waals surface area (Å²) < 4.78 is 22.7. The third-order valence-electron chi connectivity index (χ3n) is 4.14. The molecular weight excluding hydrogens is 308 g/mol. The summed E-state index contributed by atoms with van der Waals surface area (Å²) in [5, 5.41) is 16.3. The van der Waals surface area contributed by atoms with E-state index in [0.717, 1.165) is 31.7 Å². The van der Waals surface area contributed by atoms with E-state index in [1.165, 1.54) is 12.1 Å². The molecule has 1 aliphatic carbocycles. The Morgan fingerprint density at radius 2 is 1.86 bits per heavy atom. The second kappa shape index (κ2) is 6.19. The first-order valence-electron chi connectivity index (χ1n) is 7.00. The maximum Gasteiger partial charge on any atom is 0.293 e. The van der Waals surface area contributed by atoms with Gasteiger partial charge in [-0.1, -0.05) is 0 Å². The summed E-state index contributed by atoms with van der Waals surface area (Å²) in [6, 6.07) is 4.08. The molecule has 4 N–H and O–H groups in total. The van der Waals surface area contributed by atoms with Crippen LogP contribution in [-0.4, -0.2) is 32.5 Å². The molecule has 0 unspecified atom stereocenters. The van der Waals surface area contributed by atoms with Crippen LogP contribution in [-0.2, 0) is 10.0 Å². The van der Waals surface area contributed by atoms with E-state index < -0.39 is 14.9 Å². The standard InChI is InChI=1S/C13H20N4O4S/c1-16(10-4-2-9(14)3-5-10)12-7-6-11(22(15,20)21)8-13(12)17(18)19/h6-10H,2-5,14H2,1H3,(H2,15,20,21)/t9-,10-. The first-order valence-corrected chi connectivity index (χ1v) is 8.54. The van der Waals surface area contributed by atoms with E-state index in [1.54, 1.807) is 7.05 Å². The predicted octanol–water partition coefficient (Wildman–Crippen LogP) is 0.948. The first-order chi connectivity index (χ1) is 10.2. The molecule has 0 heterocycles. The molecule has 1 aromatic carbocycles. The monoisotopic (exact) mass is 328 g/mol. The van der Waals surface area contributed by atoms with E-state index in [-0.39, 0.29) is 22.7 Å². The van der Waals surface area contributed by atoms with Crippen LogP contribution in [0.25, 0.3) is 0 Å². The molecule has 0 aromatic heterocycles. The Morgan fingerprint density at radius 3 is 2.36 bits per heavy atom. The van der Waals surface area contributed by atoms with Crippen LogP contribution in [0.4, 0.5) is 11.4 Å². The molecule has 22 heavy (non-hydrogen) atoms. The zero-order valence-corrected chi connectivity index (χ0v) is 13.1. The Morgan fingerprint density at radius 1 is 1.27 bits per heavy atom. The van der Waals surface area contributed by atoms with Crippen molar-refractivity contribution in [1.82, 2.24) is 0 Å². The van der Waals surface area contributed by atoms with Gasteiger partial charge in [-0.25, -0.2) is 13.6 Å². The van der Waals surface area contributed by atoms with Gasteiger partial charge in [-0.05, 0) is 37.8 Å². The molecule has 0 saturated heterocycles. The highest BCUT2D eigenvalue weighted by Gasteiger charge is 2.27. The minimum Gasteiger partial charge on any atom is -0.366 e. The number of hydrogen-bond acceptors (Lipinski definition) is 6. The molecule has 1 saturated carbocycles. The largest absolute Gasteiger partial charge is 0.366 e. The topological polar surface area (TPSA) is 133 Å². The smallest absolute Gasteiger partial charge is 0.293 e. The molecule has 0 bridgehead atoms. The zero-order valence-electron chi connectivity index (χ0n) is 12.3. The summed E-state index contributed by atoms with van der Waals surface area (Å²) in [6.07, 6.45) is 3.45. The number of nitrogens with zero attached hydrogens (tertiary/aromatic N) is 2. The Balaban J connectivity index is 2.36. The van der Waals surface area contributed by atoms with Crippen molar-refractivity contribution < 1.29 is 13.3 Å². The van der Waals surface area contributed by atoms with Crippen LogP contribution < -0.4 is 15.8 Å². The third kappa shape index (κ3) is 3.54. The van der Waals surface area contributed by atoms with Gasteiger partial charge in [0.1, 0.15) is 5.69 Å². The number of primary sulfonamides is 1. The average Bonchev–Trinajstić information content (AvgIpc) is 2.45. The number of benzene rings is 1. The summed E-state index contributed by atoms with van der Waals surface area (Å²) in [7, 11) is -2.19. The minimum absolute atomic E-state index is 0.152. The maximum absolute atomic E-state index is 11.4. The van der Waals surface area contributed by atoms with Crippen molar-refractivity contribution in [3.05, 3.63) is 28.3 Å². The summed E-state index contributed by atoms with van der Waals surface area (Å²) in [6.45, 7) is 0. The summed E-state index contributed by atoms with van der Waals surface area (Å²) in [5.41, 5.74) is 6.00. The predicted molar refractivity (Wildman–Crippen MR) is 83.1 cm³/mol. The highest BCUT2D eigenvalue weighted by Crippen LogP contribution is 2.33. The molecule has 0 amide bonds. The lowest BCUT2D eigenvalue weighted by molar-refractivity contribution is -0.384. The molecule has 1 fully saturated rings.